The van der Waals surface area contributed by atoms with E-state index in [0.29, 0.717) is 37.6 Å². The molecule has 6 nitrogen and oxygen atoms in total. The van der Waals surface area contributed by atoms with E-state index in [0.717, 1.165) is 5.69 Å². The Kier molecular flexibility index (Phi) is 3.71. The molecule has 0 aromatic heterocycles. The fourth-order valence-electron chi connectivity index (χ4n) is 2.79. The Morgan fingerprint density at radius 1 is 1.24 bits per heavy atom. The van der Waals surface area contributed by atoms with Crippen molar-refractivity contribution in [3.05, 3.63) is 39.4 Å². The zero-order chi connectivity index (χ0) is 15.0. The van der Waals surface area contributed by atoms with Crippen LogP contribution in [0, 0.1) is 16.0 Å². The van der Waals surface area contributed by atoms with Crippen molar-refractivity contribution < 1.29 is 9.72 Å². The summed E-state index contributed by atoms with van der Waals surface area (Å²) in [6.07, 6.45) is 0.385. The van der Waals surface area contributed by atoms with Crippen molar-refractivity contribution in [2.45, 2.75) is 12.5 Å². The number of rotatable bonds is 3. The summed E-state index contributed by atoms with van der Waals surface area (Å²) < 4.78 is 0. The topological polar surface area (TPSA) is 66.7 Å². The molecule has 3 rings (SSSR count). The Morgan fingerprint density at radius 2 is 1.90 bits per heavy atom. The molecule has 0 N–H and O–H groups in total. The molecule has 21 heavy (non-hydrogen) atoms. The van der Waals surface area contributed by atoms with E-state index in [9.17, 15) is 14.9 Å². The highest BCUT2D eigenvalue weighted by Crippen LogP contribution is 2.35. The van der Waals surface area contributed by atoms with Gasteiger partial charge in [-0.15, -0.1) is 0 Å². The van der Waals surface area contributed by atoms with Gasteiger partial charge in [-0.1, -0.05) is 23.7 Å². The SMILES string of the molecule is O=C([C@@H]1C[C@H]1[N+](=O)[O-])N1CCN(c2ccccc2Cl)CC1. The zero-order valence-corrected chi connectivity index (χ0v) is 12.2. The molecule has 2 fully saturated rings. The smallest absolute Gasteiger partial charge is 0.233 e. The number of hydrogen-bond donors (Lipinski definition) is 0. The summed E-state index contributed by atoms with van der Waals surface area (Å²) in [6, 6.07) is 6.96. The summed E-state index contributed by atoms with van der Waals surface area (Å²) in [4.78, 5) is 26.3. The zero-order valence-electron chi connectivity index (χ0n) is 11.4. The van der Waals surface area contributed by atoms with Gasteiger partial charge >= 0.3 is 0 Å². The average molecular weight is 310 g/mol. The van der Waals surface area contributed by atoms with Crippen molar-refractivity contribution in [3.8, 4) is 0 Å². The highest BCUT2D eigenvalue weighted by molar-refractivity contribution is 6.33. The van der Waals surface area contributed by atoms with Gasteiger partial charge in [0.25, 0.3) is 0 Å². The van der Waals surface area contributed by atoms with Crippen LogP contribution < -0.4 is 4.90 Å². The van der Waals surface area contributed by atoms with Crippen molar-refractivity contribution in [3.63, 3.8) is 0 Å². The van der Waals surface area contributed by atoms with Crippen LogP contribution in [0.5, 0.6) is 0 Å². The second-order valence-corrected chi connectivity index (χ2v) is 5.87. The number of para-hydroxylation sites is 1. The molecule has 1 saturated carbocycles. The number of hydrogen-bond acceptors (Lipinski definition) is 4. The van der Waals surface area contributed by atoms with Crippen molar-refractivity contribution >= 4 is 23.2 Å². The van der Waals surface area contributed by atoms with Gasteiger partial charge in [-0.25, -0.2) is 0 Å². The first kappa shape index (κ1) is 14.1. The minimum Gasteiger partial charge on any atom is -0.367 e. The summed E-state index contributed by atoms with van der Waals surface area (Å²) >= 11 is 6.17. The summed E-state index contributed by atoms with van der Waals surface area (Å²) in [5.74, 6) is -0.484. The normalized spacial score (nSPS) is 24.8. The molecule has 1 aliphatic carbocycles. The molecule has 1 aliphatic heterocycles. The van der Waals surface area contributed by atoms with E-state index in [4.69, 9.17) is 11.6 Å². The number of carbonyl (C=O) groups excluding carboxylic acids is 1. The number of anilines is 1. The lowest BCUT2D eigenvalue weighted by molar-refractivity contribution is -0.497. The number of amides is 1. The Labute approximate surface area is 127 Å². The van der Waals surface area contributed by atoms with E-state index in [2.05, 4.69) is 4.90 Å². The number of carbonyl (C=O) groups is 1. The third kappa shape index (κ3) is 2.81. The molecule has 7 heteroatoms. The monoisotopic (exact) mass is 309 g/mol. The number of halogens is 1. The standard InChI is InChI=1S/C14H16ClN3O3/c15-11-3-1-2-4-12(11)16-5-7-17(8-6-16)14(19)10-9-13(10)18(20)21/h1-4,10,13H,5-9H2/t10-,13-/m1/s1. The maximum atomic E-state index is 12.2. The van der Waals surface area contributed by atoms with E-state index < -0.39 is 12.0 Å². The quantitative estimate of drug-likeness (QED) is 0.629. The number of nitro groups is 1. The number of piperazine rings is 1. The van der Waals surface area contributed by atoms with Crippen molar-refractivity contribution in [2.24, 2.45) is 5.92 Å². The summed E-state index contributed by atoms with van der Waals surface area (Å²) in [6.45, 7) is 2.58. The first-order valence-electron chi connectivity index (χ1n) is 6.99. The molecule has 0 bridgehead atoms. The molecule has 1 heterocycles. The van der Waals surface area contributed by atoms with Gasteiger partial charge < -0.3 is 9.80 Å². The fourth-order valence-corrected chi connectivity index (χ4v) is 3.05. The van der Waals surface area contributed by atoms with Crippen LogP contribution in [-0.4, -0.2) is 48.0 Å². The fraction of sp³-hybridized carbons (Fsp3) is 0.500. The van der Waals surface area contributed by atoms with E-state index in [1.807, 2.05) is 24.3 Å². The molecule has 0 radical (unpaired) electrons. The van der Waals surface area contributed by atoms with Gasteiger partial charge in [0.15, 0.2) is 0 Å². The van der Waals surface area contributed by atoms with Crippen LogP contribution in [0.3, 0.4) is 0 Å². The van der Waals surface area contributed by atoms with E-state index in [1.54, 1.807) is 4.90 Å². The van der Waals surface area contributed by atoms with Crippen molar-refractivity contribution in [1.82, 2.24) is 4.90 Å². The maximum Gasteiger partial charge on any atom is 0.233 e. The predicted molar refractivity (Wildman–Crippen MR) is 79.1 cm³/mol. The molecule has 0 unspecified atom stereocenters. The van der Waals surface area contributed by atoms with Gasteiger partial charge in [-0.2, -0.15) is 0 Å². The molecule has 1 aromatic rings. The predicted octanol–water partition coefficient (Wildman–Crippen LogP) is 1.65. The Balaban J connectivity index is 1.57. The van der Waals surface area contributed by atoms with E-state index >= 15 is 0 Å². The molecule has 2 atom stereocenters. The molecule has 2 aliphatic rings. The highest BCUT2D eigenvalue weighted by atomic mass is 35.5. The summed E-state index contributed by atoms with van der Waals surface area (Å²) in [5.41, 5.74) is 0.973. The summed E-state index contributed by atoms with van der Waals surface area (Å²) in [7, 11) is 0. The van der Waals surface area contributed by atoms with E-state index in [-0.39, 0.29) is 10.8 Å². The lowest BCUT2D eigenvalue weighted by Crippen LogP contribution is -2.49. The molecule has 0 spiro atoms. The Hall–Kier alpha value is -1.82. The molecular weight excluding hydrogens is 294 g/mol. The van der Waals surface area contributed by atoms with Crippen LogP contribution in [0.15, 0.2) is 24.3 Å². The third-order valence-corrected chi connectivity index (χ3v) is 4.45. The lowest BCUT2D eigenvalue weighted by atomic mass is 10.2. The first-order valence-corrected chi connectivity index (χ1v) is 7.37. The molecular formula is C14H16ClN3O3. The van der Waals surface area contributed by atoms with Crippen LogP contribution in [0.1, 0.15) is 6.42 Å². The molecule has 1 saturated heterocycles. The van der Waals surface area contributed by atoms with Gasteiger partial charge in [0.2, 0.25) is 11.9 Å². The lowest BCUT2D eigenvalue weighted by Gasteiger charge is -2.36. The third-order valence-electron chi connectivity index (χ3n) is 4.13. The van der Waals surface area contributed by atoms with Gasteiger partial charge in [0.05, 0.1) is 10.7 Å². The molecule has 1 amide bonds. The average Bonchev–Trinajstić information content (AvgIpc) is 3.28. The van der Waals surface area contributed by atoms with Crippen LogP contribution in [0.4, 0.5) is 5.69 Å². The highest BCUT2D eigenvalue weighted by Gasteiger charge is 2.54. The van der Waals surface area contributed by atoms with Crippen molar-refractivity contribution in [2.75, 3.05) is 31.1 Å². The van der Waals surface area contributed by atoms with Gasteiger partial charge in [-0.3, -0.25) is 14.9 Å². The van der Waals surface area contributed by atoms with Gasteiger partial charge in [-0.05, 0) is 12.1 Å². The Morgan fingerprint density at radius 3 is 2.48 bits per heavy atom. The largest absolute Gasteiger partial charge is 0.367 e. The van der Waals surface area contributed by atoms with Crippen LogP contribution in [0.2, 0.25) is 5.02 Å². The maximum absolute atomic E-state index is 12.2. The number of benzene rings is 1. The second kappa shape index (κ2) is 5.52. The number of nitrogens with zero attached hydrogens (tertiary/aromatic N) is 3. The second-order valence-electron chi connectivity index (χ2n) is 5.46. The van der Waals surface area contributed by atoms with Crippen LogP contribution >= 0.6 is 11.6 Å². The first-order chi connectivity index (χ1) is 10.1. The van der Waals surface area contributed by atoms with Crippen LogP contribution in [0.25, 0.3) is 0 Å². The molecule has 1 aromatic carbocycles. The minimum absolute atomic E-state index is 0.0736. The van der Waals surface area contributed by atoms with Crippen molar-refractivity contribution in [1.29, 1.82) is 0 Å². The minimum atomic E-state index is -0.668. The Bertz CT molecular complexity index is 572. The van der Waals surface area contributed by atoms with Crippen LogP contribution in [-0.2, 0) is 4.79 Å². The molecule has 112 valence electrons. The van der Waals surface area contributed by atoms with Gasteiger partial charge in [0, 0.05) is 37.5 Å². The summed E-state index contributed by atoms with van der Waals surface area (Å²) in [5, 5.41) is 11.3. The van der Waals surface area contributed by atoms with E-state index in [1.165, 1.54) is 0 Å². The van der Waals surface area contributed by atoms with Gasteiger partial charge in [0.1, 0.15) is 5.92 Å².